The molecule has 5 heteroatoms. The fourth-order valence-corrected chi connectivity index (χ4v) is 1.93. The van der Waals surface area contributed by atoms with Gasteiger partial charge >= 0.3 is 0 Å². The van der Waals surface area contributed by atoms with Gasteiger partial charge in [-0.1, -0.05) is 6.07 Å². The fraction of sp³-hybridized carbons (Fsp3) is 0. The van der Waals surface area contributed by atoms with Crippen molar-refractivity contribution in [3.8, 4) is 0 Å². The van der Waals surface area contributed by atoms with Crippen LogP contribution in [0.4, 0.5) is 10.1 Å². The first-order chi connectivity index (χ1) is 8.68. The van der Waals surface area contributed by atoms with Gasteiger partial charge in [-0.25, -0.2) is 9.29 Å². The van der Waals surface area contributed by atoms with E-state index in [1.54, 1.807) is 0 Å². The second-order valence-corrected chi connectivity index (χ2v) is 3.85. The lowest BCUT2D eigenvalue weighted by atomic mass is 10.2. The number of nitrogens with zero attached hydrogens (tertiary/aromatic N) is 2. The molecule has 0 spiro atoms. The molecule has 2 heterocycles. The zero-order valence-electron chi connectivity index (χ0n) is 9.13. The summed E-state index contributed by atoms with van der Waals surface area (Å²) in [5.41, 5.74) is 0.757. The van der Waals surface area contributed by atoms with Crippen LogP contribution in [0.15, 0.2) is 42.7 Å². The minimum absolute atomic E-state index is 0.223. The van der Waals surface area contributed by atoms with Gasteiger partial charge in [0.15, 0.2) is 0 Å². The third kappa shape index (κ3) is 1.41. The summed E-state index contributed by atoms with van der Waals surface area (Å²) in [6, 6.07) is 6.85. The lowest BCUT2D eigenvalue weighted by molar-refractivity contribution is 0.0926. The maximum Gasteiger partial charge on any atom is 0.267 e. The van der Waals surface area contributed by atoms with E-state index in [0.29, 0.717) is 5.56 Å². The third-order valence-electron chi connectivity index (χ3n) is 2.75. The second kappa shape index (κ2) is 3.73. The van der Waals surface area contributed by atoms with Crippen LogP contribution in [0.5, 0.6) is 0 Å². The molecule has 3 rings (SSSR count). The molecule has 18 heavy (non-hydrogen) atoms. The monoisotopic (exact) mass is 242 g/mol. The summed E-state index contributed by atoms with van der Waals surface area (Å²) >= 11 is 0. The van der Waals surface area contributed by atoms with E-state index >= 15 is 0 Å². The smallest absolute Gasteiger partial charge is 0.267 e. The summed E-state index contributed by atoms with van der Waals surface area (Å²) in [6.45, 7) is 0. The number of amides is 2. The molecule has 0 bridgehead atoms. The number of halogens is 1. The van der Waals surface area contributed by atoms with Gasteiger partial charge in [-0.2, -0.15) is 0 Å². The van der Waals surface area contributed by atoms with Gasteiger partial charge in [0, 0.05) is 12.4 Å². The van der Waals surface area contributed by atoms with Crippen LogP contribution in [0, 0.1) is 5.82 Å². The summed E-state index contributed by atoms with van der Waals surface area (Å²) in [4.78, 5) is 28.9. The summed E-state index contributed by atoms with van der Waals surface area (Å²) in [5.74, 6) is -1.43. The number of carbonyl (C=O) groups is 2. The molecular weight excluding hydrogens is 235 g/mol. The van der Waals surface area contributed by atoms with Crippen LogP contribution < -0.4 is 4.90 Å². The highest BCUT2D eigenvalue weighted by atomic mass is 19.1. The van der Waals surface area contributed by atoms with Crippen molar-refractivity contribution in [3.05, 3.63) is 59.7 Å². The van der Waals surface area contributed by atoms with E-state index < -0.39 is 17.6 Å². The first-order valence-corrected chi connectivity index (χ1v) is 5.27. The van der Waals surface area contributed by atoms with Crippen molar-refractivity contribution in [3.63, 3.8) is 0 Å². The zero-order chi connectivity index (χ0) is 12.7. The van der Waals surface area contributed by atoms with Gasteiger partial charge in [0.1, 0.15) is 5.82 Å². The molecule has 1 aromatic carbocycles. The molecule has 2 aromatic rings. The van der Waals surface area contributed by atoms with E-state index in [1.807, 2.05) is 0 Å². The largest absolute Gasteiger partial charge is 0.268 e. The standard InChI is InChI=1S/C13H7FN2O2/c14-8-2-1-3-9(6-8)16-12(17)10-4-5-15-7-11(10)13(16)18/h1-7H. The first kappa shape index (κ1) is 10.6. The van der Waals surface area contributed by atoms with Crippen molar-refractivity contribution in [1.82, 2.24) is 4.98 Å². The van der Waals surface area contributed by atoms with Crippen molar-refractivity contribution >= 4 is 17.5 Å². The molecule has 1 aliphatic rings. The highest BCUT2D eigenvalue weighted by molar-refractivity contribution is 6.34. The maximum absolute atomic E-state index is 13.1. The average molecular weight is 242 g/mol. The molecule has 0 radical (unpaired) electrons. The summed E-state index contributed by atoms with van der Waals surface area (Å²) in [6.07, 6.45) is 2.79. The van der Waals surface area contributed by atoms with E-state index in [2.05, 4.69) is 4.98 Å². The van der Waals surface area contributed by atoms with Crippen molar-refractivity contribution < 1.29 is 14.0 Å². The SMILES string of the molecule is O=C1c2ccncc2C(=O)N1c1cccc(F)c1. The van der Waals surface area contributed by atoms with E-state index in [9.17, 15) is 14.0 Å². The molecule has 0 saturated carbocycles. The number of imide groups is 1. The van der Waals surface area contributed by atoms with E-state index in [1.165, 1.54) is 36.7 Å². The van der Waals surface area contributed by atoms with Gasteiger partial charge in [0.25, 0.3) is 11.8 Å². The lowest BCUT2D eigenvalue weighted by Crippen LogP contribution is -2.29. The minimum Gasteiger partial charge on any atom is -0.268 e. The van der Waals surface area contributed by atoms with Gasteiger partial charge < -0.3 is 0 Å². The van der Waals surface area contributed by atoms with Crippen LogP contribution in [-0.2, 0) is 0 Å². The van der Waals surface area contributed by atoms with Crippen LogP contribution >= 0.6 is 0 Å². The Morgan fingerprint density at radius 1 is 1.06 bits per heavy atom. The number of anilines is 1. The van der Waals surface area contributed by atoms with Gasteiger partial charge in [-0.3, -0.25) is 14.6 Å². The van der Waals surface area contributed by atoms with Gasteiger partial charge in [0.05, 0.1) is 16.8 Å². The fourth-order valence-electron chi connectivity index (χ4n) is 1.93. The van der Waals surface area contributed by atoms with E-state index in [-0.39, 0.29) is 11.3 Å². The molecule has 1 aliphatic heterocycles. The zero-order valence-corrected chi connectivity index (χ0v) is 9.13. The average Bonchev–Trinajstić information content (AvgIpc) is 2.63. The summed E-state index contributed by atoms with van der Waals surface area (Å²) in [5, 5.41) is 0. The highest BCUT2D eigenvalue weighted by Crippen LogP contribution is 2.27. The topological polar surface area (TPSA) is 50.3 Å². The van der Waals surface area contributed by atoms with Crippen LogP contribution in [0.3, 0.4) is 0 Å². The molecular formula is C13H7FN2O2. The molecule has 0 saturated heterocycles. The number of aromatic nitrogens is 1. The Morgan fingerprint density at radius 3 is 2.56 bits per heavy atom. The Labute approximate surface area is 102 Å². The van der Waals surface area contributed by atoms with Gasteiger partial charge in [-0.15, -0.1) is 0 Å². The Kier molecular flexibility index (Phi) is 2.19. The number of rotatable bonds is 1. The molecule has 0 N–H and O–H groups in total. The molecule has 0 atom stereocenters. The number of hydrogen-bond donors (Lipinski definition) is 0. The predicted octanol–water partition coefficient (Wildman–Crippen LogP) is 2.02. The minimum atomic E-state index is -0.498. The van der Waals surface area contributed by atoms with Crippen molar-refractivity contribution in [2.45, 2.75) is 0 Å². The summed E-state index contributed by atoms with van der Waals surface area (Å²) in [7, 11) is 0. The normalized spacial score (nSPS) is 13.9. The highest BCUT2D eigenvalue weighted by Gasteiger charge is 2.36. The van der Waals surface area contributed by atoms with Crippen LogP contribution in [0.2, 0.25) is 0 Å². The van der Waals surface area contributed by atoms with Crippen LogP contribution in [-0.4, -0.2) is 16.8 Å². The molecule has 88 valence electrons. The van der Waals surface area contributed by atoms with Gasteiger partial charge in [0.2, 0.25) is 0 Å². The quantitative estimate of drug-likeness (QED) is 0.719. The van der Waals surface area contributed by atoms with Crippen LogP contribution in [0.25, 0.3) is 0 Å². The van der Waals surface area contributed by atoms with E-state index in [0.717, 1.165) is 11.0 Å². The number of hydrogen-bond acceptors (Lipinski definition) is 3. The Balaban J connectivity index is 2.12. The lowest BCUT2D eigenvalue weighted by Gasteiger charge is -2.13. The van der Waals surface area contributed by atoms with Crippen LogP contribution in [0.1, 0.15) is 20.7 Å². The van der Waals surface area contributed by atoms with Crippen molar-refractivity contribution in [2.24, 2.45) is 0 Å². The number of fused-ring (bicyclic) bond motifs is 1. The maximum atomic E-state index is 13.1. The molecule has 4 nitrogen and oxygen atoms in total. The number of pyridine rings is 1. The Morgan fingerprint density at radius 2 is 1.83 bits per heavy atom. The molecule has 1 aromatic heterocycles. The summed E-state index contributed by atoms with van der Waals surface area (Å²) < 4.78 is 13.1. The van der Waals surface area contributed by atoms with Crippen molar-refractivity contribution in [2.75, 3.05) is 4.90 Å². The van der Waals surface area contributed by atoms with Crippen molar-refractivity contribution in [1.29, 1.82) is 0 Å². The molecule has 0 fully saturated rings. The van der Waals surface area contributed by atoms with E-state index in [4.69, 9.17) is 0 Å². The molecule has 0 unspecified atom stereocenters. The number of carbonyl (C=O) groups excluding carboxylic acids is 2. The van der Waals surface area contributed by atoms with Gasteiger partial charge in [-0.05, 0) is 24.3 Å². The number of benzene rings is 1. The second-order valence-electron chi connectivity index (χ2n) is 3.85. The predicted molar refractivity (Wildman–Crippen MR) is 61.8 cm³/mol. The third-order valence-corrected chi connectivity index (χ3v) is 2.75. The first-order valence-electron chi connectivity index (χ1n) is 5.27. The molecule has 2 amide bonds. The Bertz CT molecular complexity index is 635. The Hall–Kier alpha value is -2.56. The molecule has 0 aliphatic carbocycles.